The second kappa shape index (κ2) is 5.77. The summed E-state index contributed by atoms with van der Waals surface area (Å²) in [5, 5.41) is 6.24. The lowest BCUT2D eigenvalue weighted by Gasteiger charge is -2.44. The molecule has 0 aromatic carbocycles. The minimum atomic E-state index is -4.49. The fourth-order valence-corrected chi connectivity index (χ4v) is 4.16. The highest BCUT2D eigenvalue weighted by Gasteiger charge is 2.46. The van der Waals surface area contributed by atoms with E-state index in [1.165, 1.54) is 0 Å². The Morgan fingerprint density at radius 2 is 1.92 bits per heavy atom. The predicted octanol–water partition coefficient (Wildman–Crippen LogP) is 2.13. The monoisotopic (exact) mass is 377 g/mol. The molecule has 0 amide bonds. The van der Waals surface area contributed by atoms with E-state index in [4.69, 9.17) is 0 Å². The van der Waals surface area contributed by atoms with Gasteiger partial charge in [-0.2, -0.15) is 13.2 Å². The third kappa shape index (κ3) is 4.03. The summed E-state index contributed by atoms with van der Waals surface area (Å²) in [6.45, 7) is 4.12. The molecule has 1 aliphatic carbocycles. The quantitative estimate of drug-likeness (QED) is 0.690. The van der Waals surface area contributed by atoms with E-state index >= 15 is 0 Å². The van der Waals surface area contributed by atoms with Gasteiger partial charge in [0, 0.05) is 17.3 Å². The van der Waals surface area contributed by atoms with Gasteiger partial charge in [-0.05, 0) is 50.3 Å². The van der Waals surface area contributed by atoms with E-state index in [1.807, 2.05) is 0 Å². The first-order valence-corrected chi connectivity index (χ1v) is 9.98. The summed E-state index contributed by atoms with van der Waals surface area (Å²) in [7, 11) is -3.68. The molecule has 0 aromatic rings. The number of hydrogen-bond donors (Lipinski definition) is 3. The molecule has 2 aliphatic heterocycles. The van der Waals surface area contributed by atoms with Crippen LogP contribution in [0, 0.1) is 11.8 Å². The standard InChI is InChI=1S/C16H22F3N3O2S/c1-15(2)5-4-9-6-10-11(16(17,18)19)7-14(22-25(3,23)24)20-13(10)8-12(9)21-15/h6-9,11-12,20-22H,4-5H2,1-3H3. The van der Waals surface area contributed by atoms with E-state index in [2.05, 4.69) is 29.2 Å². The normalized spacial score (nSPS) is 31.6. The lowest BCUT2D eigenvalue weighted by Crippen LogP contribution is -2.54. The molecule has 3 unspecified atom stereocenters. The fourth-order valence-electron chi connectivity index (χ4n) is 3.64. The van der Waals surface area contributed by atoms with Crippen molar-refractivity contribution in [2.24, 2.45) is 11.8 Å². The maximum atomic E-state index is 13.5. The van der Waals surface area contributed by atoms with Gasteiger partial charge in [0.05, 0.1) is 6.26 Å². The Kier molecular flexibility index (Phi) is 4.23. The molecule has 25 heavy (non-hydrogen) atoms. The minimum absolute atomic E-state index is 0.00348. The molecule has 3 rings (SSSR count). The van der Waals surface area contributed by atoms with Crippen LogP contribution in [0.5, 0.6) is 0 Å². The smallest absolute Gasteiger partial charge is 0.342 e. The highest BCUT2D eigenvalue weighted by atomic mass is 32.2. The number of halogens is 3. The van der Waals surface area contributed by atoms with Gasteiger partial charge in [-0.25, -0.2) is 8.42 Å². The summed E-state index contributed by atoms with van der Waals surface area (Å²) >= 11 is 0. The summed E-state index contributed by atoms with van der Waals surface area (Å²) < 4.78 is 65.5. The van der Waals surface area contributed by atoms with Gasteiger partial charge in [0.2, 0.25) is 10.0 Å². The van der Waals surface area contributed by atoms with E-state index in [0.717, 1.165) is 25.2 Å². The van der Waals surface area contributed by atoms with Gasteiger partial charge in [-0.1, -0.05) is 6.08 Å². The number of allylic oxidation sites excluding steroid dienone is 2. The molecule has 5 nitrogen and oxygen atoms in total. The van der Waals surface area contributed by atoms with Gasteiger partial charge in [0.15, 0.2) is 0 Å². The van der Waals surface area contributed by atoms with Gasteiger partial charge >= 0.3 is 6.18 Å². The maximum absolute atomic E-state index is 13.5. The van der Waals surface area contributed by atoms with Crippen molar-refractivity contribution in [3.8, 4) is 0 Å². The highest BCUT2D eigenvalue weighted by molar-refractivity contribution is 7.88. The summed E-state index contributed by atoms with van der Waals surface area (Å²) in [5.74, 6) is -2.00. The first kappa shape index (κ1) is 18.3. The van der Waals surface area contributed by atoms with Crippen LogP contribution in [0.15, 0.2) is 35.3 Å². The van der Waals surface area contributed by atoms with Crippen molar-refractivity contribution in [1.82, 2.24) is 15.4 Å². The first-order valence-electron chi connectivity index (χ1n) is 8.09. The van der Waals surface area contributed by atoms with Gasteiger partial charge in [-0.3, -0.25) is 4.72 Å². The van der Waals surface area contributed by atoms with Crippen LogP contribution in [-0.2, 0) is 10.0 Å². The number of rotatable bonds is 2. The van der Waals surface area contributed by atoms with Crippen molar-refractivity contribution in [1.29, 1.82) is 0 Å². The highest BCUT2D eigenvalue weighted by Crippen LogP contribution is 2.43. The van der Waals surface area contributed by atoms with Crippen LogP contribution < -0.4 is 15.4 Å². The van der Waals surface area contributed by atoms with Gasteiger partial charge < -0.3 is 10.6 Å². The molecule has 140 valence electrons. The van der Waals surface area contributed by atoms with E-state index in [0.29, 0.717) is 5.70 Å². The molecule has 0 radical (unpaired) electrons. The molecule has 0 aromatic heterocycles. The Morgan fingerprint density at radius 3 is 2.52 bits per heavy atom. The Morgan fingerprint density at radius 1 is 1.24 bits per heavy atom. The first-order chi connectivity index (χ1) is 11.3. The van der Waals surface area contributed by atoms with Crippen LogP contribution in [0.2, 0.25) is 0 Å². The van der Waals surface area contributed by atoms with Gasteiger partial charge in [-0.15, -0.1) is 0 Å². The van der Waals surface area contributed by atoms with Gasteiger partial charge in [0.1, 0.15) is 11.7 Å². The molecule has 9 heteroatoms. The van der Waals surface area contributed by atoms with E-state index in [-0.39, 0.29) is 28.9 Å². The van der Waals surface area contributed by atoms with Crippen LogP contribution in [0.25, 0.3) is 0 Å². The predicted molar refractivity (Wildman–Crippen MR) is 88.6 cm³/mol. The lowest BCUT2D eigenvalue weighted by molar-refractivity contribution is -0.152. The number of sulfonamides is 1. The molecular weight excluding hydrogens is 355 g/mol. The van der Waals surface area contributed by atoms with Crippen molar-refractivity contribution < 1.29 is 21.6 Å². The van der Waals surface area contributed by atoms with Crippen molar-refractivity contribution in [3.05, 3.63) is 35.3 Å². The lowest BCUT2D eigenvalue weighted by atomic mass is 9.75. The number of piperidine rings is 1. The van der Waals surface area contributed by atoms with Crippen molar-refractivity contribution in [2.75, 3.05) is 6.26 Å². The zero-order valence-corrected chi connectivity index (χ0v) is 15.1. The van der Waals surface area contributed by atoms with E-state index < -0.39 is 22.1 Å². The van der Waals surface area contributed by atoms with Crippen molar-refractivity contribution in [3.63, 3.8) is 0 Å². The number of fused-ring (bicyclic) bond motifs is 2. The second-order valence-electron chi connectivity index (χ2n) is 7.56. The molecule has 3 atom stereocenters. The van der Waals surface area contributed by atoms with Crippen LogP contribution in [0.4, 0.5) is 13.2 Å². The van der Waals surface area contributed by atoms with Crippen LogP contribution in [-0.4, -0.2) is 32.4 Å². The number of nitrogens with one attached hydrogen (secondary N) is 3. The fraction of sp³-hybridized carbons (Fsp3) is 0.625. The molecule has 0 bridgehead atoms. The molecule has 3 N–H and O–H groups in total. The topological polar surface area (TPSA) is 70.2 Å². The van der Waals surface area contributed by atoms with Crippen LogP contribution in [0.3, 0.4) is 0 Å². The zero-order chi connectivity index (χ0) is 18.6. The van der Waals surface area contributed by atoms with Crippen LogP contribution in [0.1, 0.15) is 26.7 Å². The Bertz CT molecular complexity index is 766. The minimum Gasteiger partial charge on any atom is -0.342 e. The Labute approximate surface area is 145 Å². The summed E-state index contributed by atoms with van der Waals surface area (Å²) in [6.07, 6.45) is 2.41. The summed E-state index contributed by atoms with van der Waals surface area (Å²) in [4.78, 5) is 0. The Balaban J connectivity index is 1.99. The third-order valence-corrected chi connectivity index (χ3v) is 5.35. The molecule has 0 saturated carbocycles. The Hall–Kier alpha value is -1.48. The molecular formula is C16H22F3N3O2S. The summed E-state index contributed by atoms with van der Waals surface area (Å²) in [6, 6.07) is -0.0820. The average Bonchev–Trinajstić information content (AvgIpc) is 2.40. The van der Waals surface area contributed by atoms with Crippen LogP contribution >= 0.6 is 0 Å². The SMILES string of the molecule is CC1(C)CCC2C=C3C(=CC2N1)NC(NS(C)(=O)=O)=CC3C(F)(F)F. The molecule has 3 aliphatic rings. The van der Waals surface area contributed by atoms with Crippen molar-refractivity contribution >= 4 is 10.0 Å². The molecule has 1 fully saturated rings. The largest absolute Gasteiger partial charge is 0.399 e. The van der Waals surface area contributed by atoms with Crippen molar-refractivity contribution in [2.45, 2.75) is 44.4 Å². The number of alkyl halides is 3. The van der Waals surface area contributed by atoms with Gasteiger partial charge in [0.25, 0.3) is 0 Å². The molecule has 1 saturated heterocycles. The second-order valence-corrected chi connectivity index (χ2v) is 9.31. The molecule has 0 spiro atoms. The molecule has 2 heterocycles. The zero-order valence-electron chi connectivity index (χ0n) is 14.2. The van der Waals surface area contributed by atoms with E-state index in [1.54, 1.807) is 12.2 Å². The maximum Gasteiger partial charge on any atom is 0.399 e. The number of hydrogen-bond acceptors (Lipinski definition) is 4. The third-order valence-electron chi connectivity index (χ3n) is 4.76. The van der Waals surface area contributed by atoms with E-state index in [9.17, 15) is 21.6 Å². The summed E-state index contributed by atoms with van der Waals surface area (Å²) in [5.41, 5.74) is 0.377. The average molecular weight is 377 g/mol.